The van der Waals surface area contributed by atoms with Crippen molar-refractivity contribution in [2.75, 3.05) is 20.3 Å². The second kappa shape index (κ2) is 7.92. The Morgan fingerprint density at radius 1 is 1.22 bits per heavy atom. The van der Waals surface area contributed by atoms with E-state index in [1.165, 1.54) is 24.9 Å². The summed E-state index contributed by atoms with van der Waals surface area (Å²) in [7, 11) is 3.02. The molecule has 140 valence electrons. The Morgan fingerprint density at radius 3 is 2.67 bits per heavy atom. The molecule has 9 nitrogen and oxygen atoms in total. The molecule has 0 saturated carbocycles. The Balaban J connectivity index is 2.02. The van der Waals surface area contributed by atoms with Crippen molar-refractivity contribution in [3.63, 3.8) is 0 Å². The molecule has 0 aliphatic carbocycles. The lowest BCUT2D eigenvalue weighted by molar-refractivity contribution is -0.121. The number of ether oxygens (including phenoxy) is 1. The number of methoxy groups -OCH3 is 1. The van der Waals surface area contributed by atoms with Crippen LogP contribution in [0.15, 0.2) is 46.1 Å². The third kappa shape index (κ3) is 3.77. The summed E-state index contributed by atoms with van der Waals surface area (Å²) in [6.07, 6.45) is 1.38. The molecule has 1 aromatic carbocycles. The molecule has 0 bridgehead atoms. The van der Waals surface area contributed by atoms with E-state index in [4.69, 9.17) is 4.74 Å². The normalized spacial score (nSPS) is 10.9. The van der Waals surface area contributed by atoms with Crippen molar-refractivity contribution in [2.24, 2.45) is 7.05 Å². The van der Waals surface area contributed by atoms with Crippen LogP contribution in [-0.4, -0.2) is 45.3 Å². The lowest BCUT2D eigenvalue weighted by atomic mass is 10.2. The van der Waals surface area contributed by atoms with Crippen molar-refractivity contribution in [2.45, 2.75) is 6.54 Å². The summed E-state index contributed by atoms with van der Waals surface area (Å²) in [5.74, 6) is -0.0417. The first-order valence-electron chi connectivity index (χ1n) is 8.30. The number of benzene rings is 1. The molecule has 3 rings (SSSR count). The molecule has 0 saturated heterocycles. The minimum atomic E-state index is -0.618. The largest absolute Gasteiger partial charge is 0.383 e. The summed E-state index contributed by atoms with van der Waals surface area (Å²) >= 11 is 0. The van der Waals surface area contributed by atoms with Crippen molar-refractivity contribution in [3.8, 4) is 11.4 Å². The Bertz CT molecular complexity index is 1090. The number of hydrogen-bond donors (Lipinski definition) is 1. The zero-order valence-corrected chi connectivity index (χ0v) is 15.0. The monoisotopic (exact) mass is 369 g/mol. The number of amides is 1. The smallest absolute Gasteiger partial charge is 0.332 e. The number of carbonyl (C=O) groups excluding carboxylic acids is 1. The molecule has 3 aromatic rings. The Morgan fingerprint density at radius 2 is 1.96 bits per heavy atom. The van der Waals surface area contributed by atoms with Gasteiger partial charge in [-0.25, -0.2) is 14.8 Å². The maximum atomic E-state index is 12.7. The van der Waals surface area contributed by atoms with Gasteiger partial charge < -0.3 is 10.1 Å². The molecular weight excluding hydrogens is 350 g/mol. The van der Waals surface area contributed by atoms with E-state index in [2.05, 4.69) is 15.3 Å². The van der Waals surface area contributed by atoms with E-state index in [0.29, 0.717) is 19.0 Å². The molecule has 0 atom stereocenters. The summed E-state index contributed by atoms with van der Waals surface area (Å²) in [5, 5.41) is 2.75. The molecule has 0 aliphatic heterocycles. The molecule has 0 fully saturated rings. The van der Waals surface area contributed by atoms with E-state index in [9.17, 15) is 14.4 Å². The molecule has 1 N–H and O–H groups in total. The zero-order valence-electron chi connectivity index (χ0n) is 15.0. The lowest BCUT2D eigenvalue weighted by Crippen LogP contribution is -2.43. The average Bonchev–Trinajstić information content (AvgIpc) is 2.70. The summed E-state index contributed by atoms with van der Waals surface area (Å²) < 4.78 is 6.96. The number of fused-ring (bicyclic) bond motifs is 1. The van der Waals surface area contributed by atoms with Crippen LogP contribution in [0.5, 0.6) is 0 Å². The molecule has 0 unspecified atom stereocenters. The van der Waals surface area contributed by atoms with Crippen molar-refractivity contribution >= 4 is 16.9 Å². The van der Waals surface area contributed by atoms with Crippen LogP contribution < -0.4 is 16.6 Å². The zero-order chi connectivity index (χ0) is 19.4. The number of nitrogens with one attached hydrogen (secondary N) is 1. The van der Waals surface area contributed by atoms with Gasteiger partial charge in [-0.2, -0.15) is 0 Å². The second-order valence-corrected chi connectivity index (χ2v) is 5.87. The number of hydrogen-bond acceptors (Lipinski definition) is 6. The van der Waals surface area contributed by atoms with Gasteiger partial charge in [-0.3, -0.25) is 18.7 Å². The highest BCUT2D eigenvalue weighted by Gasteiger charge is 2.16. The van der Waals surface area contributed by atoms with Gasteiger partial charge in [0.25, 0.3) is 5.56 Å². The summed E-state index contributed by atoms with van der Waals surface area (Å²) in [4.78, 5) is 45.8. The highest BCUT2D eigenvalue weighted by molar-refractivity contribution is 5.78. The van der Waals surface area contributed by atoms with Gasteiger partial charge in [0.2, 0.25) is 5.91 Å². The summed E-state index contributed by atoms with van der Waals surface area (Å²) in [6.45, 7) is 0.250. The van der Waals surface area contributed by atoms with Gasteiger partial charge in [-0.05, 0) is 0 Å². The number of carbonyl (C=O) groups is 1. The molecule has 2 heterocycles. The Hall–Kier alpha value is -3.33. The number of rotatable bonds is 6. The van der Waals surface area contributed by atoms with E-state index in [-0.39, 0.29) is 17.6 Å². The van der Waals surface area contributed by atoms with Gasteiger partial charge in [0.05, 0.1) is 6.61 Å². The molecule has 0 spiro atoms. The van der Waals surface area contributed by atoms with Gasteiger partial charge >= 0.3 is 5.69 Å². The topological polar surface area (TPSA) is 108 Å². The van der Waals surface area contributed by atoms with Gasteiger partial charge in [-0.1, -0.05) is 30.3 Å². The Kier molecular flexibility index (Phi) is 5.41. The quantitative estimate of drug-likeness (QED) is 0.609. The van der Waals surface area contributed by atoms with Crippen LogP contribution in [0.4, 0.5) is 0 Å². The van der Waals surface area contributed by atoms with Crippen LogP contribution in [0.25, 0.3) is 22.4 Å². The fourth-order valence-corrected chi connectivity index (χ4v) is 2.64. The second-order valence-electron chi connectivity index (χ2n) is 5.87. The molecular formula is C18H19N5O4. The number of nitrogens with zero attached hydrogens (tertiary/aromatic N) is 4. The fourth-order valence-electron chi connectivity index (χ4n) is 2.64. The molecule has 1 amide bonds. The Labute approximate surface area is 154 Å². The average molecular weight is 369 g/mol. The lowest BCUT2D eigenvalue weighted by Gasteiger charge is -2.11. The highest BCUT2D eigenvalue weighted by atomic mass is 16.5. The van der Waals surface area contributed by atoms with Gasteiger partial charge in [0.15, 0.2) is 11.5 Å². The minimum absolute atomic E-state index is 0.168. The summed E-state index contributed by atoms with van der Waals surface area (Å²) in [6, 6.07) is 9.25. The maximum absolute atomic E-state index is 12.7. The standard InChI is InChI=1S/C18H19N5O4/c1-22-16-13(10-20-15(21-16)12-6-4-3-5-7-12)17(25)23(18(22)26)11-14(24)19-8-9-27-2/h3-7,10H,8-9,11H2,1-2H3,(H,19,24). The van der Waals surface area contributed by atoms with Crippen LogP contribution >= 0.6 is 0 Å². The molecule has 0 radical (unpaired) electrons. The van der Waals surface area contributed by atoms with Crippen molar-refractivity contribution in [1.29, 1.82) is 0 Å². The van der Waals surface area contributed by atoms with Gasteiger partial charge in [0.1, 0.15) is 11.9 Å². The van der Waals surface area contributed by atoms with E-state index >= 15 is 0 Å². The van der Waals surface area contributed by atoms with Crippen LogP contribution in [0, 0.1) is 0 Å². The van der Waals surface area contributed by atoms with E-state index in [1.807, 2.05) is 30.3 Å². The SMILES string of the molecule is COCCNC(=O)Cn1c(=O)c2cnc(-c3ccccc3)nc2n(C)c1=O. The molecule has 0 aliphatic rings. The first-order valence-corrected chi connectivity index (χ1v) is 8.30. The predicted molar refractivity (Wildman–Crippen MR) is 99.4 cm³/mol. The maximum Gasteiger partial charge on any atom is 0.332 e. The van der Waals surface area contributed by atoms with Gasteiger partial charge in [-0.15, -0.1) is 0 Å². The van der Waals surface area contributed by atoms with Crippen molar-refractivity contribution in [1.82, 2.24) is 24.4 Å². The van der Waals surface area contributed by atoms with Crippen molar-refractivity contribution < 1.29 is 9.53 Å². The molecule has 2 aromatic heterocycles. The third-order valence-corrected chi connectivity index (χ3v) is 4.04. The summed E-state index contributed by atoms with van der Waals surface area (Å²) in [5.41, 5.74) is -0.231. The van der Waals surface area contributed by atoms with E-state index in [1.54, 1.807) is 0 Å². The predicted octanol–water partition coefficient (Wildman–Crippen LogP) is -0.0802. The fraction of sp³-hybridized carbons (Fsp3) is 0.278. The minimum Gasteiger partial charge on any atom is -0.383 e. The number of aromatic nitrogens is 4. The first-order chi connectivity index (χ1) is 13.0. The van der Waals surface area contributed by atoms with Crippen LogP contribution in [0.1, 0.15) is 0 Å². The van der Waals surface area contributed by atoms with E-state index in [0.717, 1.165) is 10.1 Å². The number of aryl methyl sites for hydroxylation is 1. The van der Waals surface area contributed by atoms with E-state index < -0.39 is 17.2 Å². The first kappa shape index (κ1) is 18.5. The molecule has 27 heavy (non-hydrogen) atoms. The molecule has 9 heteroatoms. The van der Waals surface area contributed by atoms with Crippen LogP contribution in [0.2, 0.25) is 0 Å². The van der Waals surface area contributed by atoms with Gasteiger partial charge in [0, 0.05) is 32.5 Å². The van der Waals surface area contributed by atoms with Crippen LogP contribution in [-0.2, 0) is 23.1 Å². The van der Waals surface area contributed by atoms with Crippen LogP contribution in [0.3, 0.4) is 0 Å². The van der Waals surface area contributed by atoms with Crippen molar-refractivity contribution in [3.05, 3.63) is 57.4 Å². The highest BCUT2D eigenvalue weighted by Crippen LogP contribution is 2.15. The third-order valence-electron chi connectivity index (χ3n) is 4.04.